The van der Waals surface area contributed by atoms with Crippen molar-refractivity contribution in [1.82, 2.24) is 0 Å². The zero-order valence-electron chi connectivity index (χ0n) is 11.5. The topological polar surface area (TPSA) is 52.6 Å². The van der Waals surface area contributed by atoms with Gasteiger partial charge in [0.1, 0.15) is 0 Å². The Labute approximate surface area is 113 Å². The highest BCUT2D eigenvalue weighted by atomic mass is 35.5. The second-order valence-electron chi connectivity index (χ2n) is 4.68. The summed E-state index contributed by atoms with van der Waals surface area (Å²) in [5.41, 5.74) is 2.07. The van der Waals surface area contributed by atoms with Crippen molar-refractivity contribution >= 4 is 23.5 Å². The molecule has 4 nitrogen and oxygen atoms in total. The van der Waals surface area contributed by atoms with Gasteiger partial charge in [-0.25, -0.2) is 0 Å². The summed E-state index contributed by atoms with van der Waals surface area (Å²) in [6, 6.07) is 0. The Morgan fingerprint density at radius 2 is 1.44 bits per heavy atom. The molecule has 0 amide bonds. The van der Waals surface area contributed by atoms with E-state index in [4.69, 9.17) is 21.1 Å². The van der Waals surface area contributed by atoms with E-state index < -0.39 is 17.9 Å². The number of esters is 2. The zero-order chi connectivity index (χ0) is 14.3. The number of hydrogen-bond acceptors (Lipinski definition) is 4. The van der Waals surface area contributed by atoms with Crippen LogP contribution in [-0.2, 0) is 19.1 Å². The van der Waals surface area contributed by atoms with E-state index >= 15 is 0 Å². The Morgan fingerprint density at radius 1 is 1.06 bits per heavy atom. The molecule has 0 rings (SSSR count). The molecule has 0 aromatic heterocycles. The third-order valence-corrected chi connectivity index (χ3v) is 2.36. The molecule has 0 heterocycles. The molecule has 0 aliphatic carbocycles. The van der Waals surface area contributed by atoms with Crippen LogP contribution in [0.5, 0.6) is 0 Å². The lowest BCUT2D eigenvalue weighted by molar-refractivity contribution is -0.166. The molecule has 0 saturated heterocycles. The second-order valence-corrected chi connectivity index (χ2v) is 4.90. The largest absolute Gasteiger partial charge is 0.462 e. The Hall–Kier alpha value is -1.03. The summed E-state index contributed by atoms with van der Waals surface area (Å²) >= 11 is 5.55. The summed E-state index contributed by atoms with van der Waals surface area (Å²) in [5, 5.41) is 0. The summed E-state index contributed by atoms with van der Waals surface area (Å²) in [4.78, 5) is 23.7. The molecule has 0 saturated carbocycles. The molecular weight excluding hydrogens is 256 g/mol. The monoisotopic (exact) mass is 276 g/mol. The molecule has 0 aromatic rings. The van der Waals surface area contributed by atoms with Crippen molar-refractivity contribution in [3.63, 3.8) is 0 Å². The van der Waals surface area contributed by atoms with Gasteiger partial charge in [-0.15, -0.1) is 0 Å². The fourth-order valence-electron chi connectivity index (χ4n) is 1.26. The van der Waals surface area contributed by atoms with Crippen LogP contribution in [0.4, 0.5) is 0 Å². The van der Waals surface area contributed by atoms with Gasteiger partial charge in [0.15, 0.2) is 5.92 Å². The Balaban J connectivity index is 4.81. The van der Waals surface area contributed by atoms with Crippen LogP contribution in [0.1, 0.15) is 41.0 Å². The van der Waals surface area contributed by atoms with Crippen LogP contribution >= 0.6 is 11.6 Å². The van der Waals surface area contributed by atoms with Crippen molar-refractivity contribution < 1.29 is 19.1 Å². The molecule has 104 valence electrons. The van der Waals surface area contributed by atoms with E-state index in [0.29, 0.717) is 0 Å². The number of carbonyl (C=O) groups excluding carboxylic acids is 2. The quantitative estimate of drug-likeness (QED) is 0.553. The van der Waals surface area contributed by atoms with Crippen LogP contribution < -0.4 is 0 Å². The van der Waals surface area contributed by atoms with Gasteiger partial charge in [-0.3, -0.25) is 9.59 Å². The number of carbonyl (C=O) groups is 2. The zero-order valence-corrected chi connectivity index (χ0v) is 12.3. The SMILES string of the molecule is CC(=CCl)CC(C(=O)OC(C)C)C(=O)OC(C)C. The summed E-state index contributed by atoms with van der Waals surface area (Å²) < 4.78 is 10.1. The first-order chi connectivity index (χ1) is 8.27. The predicted molar refractivity (Wildman–Crippen MR) is 70.2 cm³/mol. The maximum absolute atomic E-state index is 11.8. The molecule has 5 heteroatoms. The van der Waals surface area contributed by atoms with Crippen LogP contribution in [0.3, 0.4) is 0 Å². The molecule has 0 radical (unpaired) electrons. The molecule has 0 aliphatic heterocycles. The lowest BCUT2D eigenvalue weighted by atomic mass is 10.0. The van der Waals surface area contributed by atoms with E-state index in [1.165, 1.54) is 5.54 Å². The summed E-state index contributed by atoms with van der Waals surface area (Å²) in [6.45, 7) is 8.66. The Morgan fingerprint density at radius 3 is 1.72 bits per heavy atom. The van der Waals surface area contributed by atoms with Crippen molar-refractivity contribution in [3.8, 4) is 0 Å². The first-order valence-corrected chi connectivity index (χ1v) is 6.38. The van der Waals surface area contributed by atoms with Crippen LogP contribution in [0.2, 0.25) is 0 Å². The average molecular weight is 277 g/mol. The number of hydrogen-bond donors (Lipinski definition) is 0. The number of allylic oxidation sites excluding steroid dienone is 1. The van der Waals surface area contributed by atoms with Crippen LogP contribution in [0, 0.1) is 5.92 Å². The predicted octanol–water partition coefficient (Wildman–Crippen LogP) is 3.04. The second kappa shape index (κ2) is 8.14. The third kappa shape index (κ3) is 6.64. The first kappa shape index (κ1) is 17.0. The minimum Gasteiger partial charge on any atom is -0.462 e. The molecule has 0 spiro atoms. The van der Waals surface area contributed by atoms with Crippen LogP contribution in [0.15, 0.2) is 11.1 Å². The minimum absolute atomic E-state index is 0.209. The van der Waals surface area contributed by atoms with Gasteiger partial charge in [0, 0.05) is 5.54 Å². The third-order valence-electron chi connectivity index (χ3n) is 1.99. The van der Waals surface area contributed by atoms with Crippen molar-refractivity contribution in [2.24, 2.45) is 5.92 Å². The standard InChI is InChI=1S/C13H21ClO4/c1-8(2)17-12(15)11(6-10(5)7-14)13(16)18-9(3)4/h7-9,11H,6H2,1-5H3. The average Bonchev–Trinajstić information content (AvgIpc) is 2.22. The number of ether oxygens (including phenoxy) is 2. The molecule has 18 heavy (non-hydrogen) atoms. The number of rotatable bonds is 6. The minimum atomic E-state index is -0.954. The van der Waals surface area contributed by atoms with E-state index in [2.05, 4.69) is 0 Å². The van der Waals surface area contributed by atoms with Gasteiger partial charge < -0.3 is 9.47 Å². The lowest BCUT2D eigenvalue weighted by Gasteiger charge is -2.18. The fourth-order valence-corrected chi connectivity index (χ4v) is 1.35. The fraction of sp³-hybridized carbons (Fsp3) is 0.692. The van der Waals surface area contributed by atoms with Gasteiger partial charge in [-0.1, -0.05) is 17.2 Å². The van der Waals surface area contributed by atoms with Crippen molar-refractivity contribution in [3.05, 3.63) is 11.1 Å². The van der Waals surface area contributed by atoms with Crippen molar-refractivity contribution in [2.75, 3.05) is 0 Å². The molecule has 0 aliphatic rings. The summed E-state index contributed by atoms with van der Waals surface area (Å²) in [5.74, 6) is -2.10. The highest BCUT2D eigenvalue weighted by molar-refractivity contribution is 6.25. The highest BCUT2D eigenvalue weighted by Crippen LogP contribution is 2.17. The molecule has 0 atom stereocenters. The van der Waals surface area contributed by atoms with Crippen LogP contribution in [-0.4, -0.2) is 24.1 Å². The maximum atomic E-state index is 11.8. The Bertz CT molecular complexity index is 299. The van der Waals surface area contributed by atoms with Crippen LogP contribution in [0.25, 0.3) is 0 Å². The van der Waals surface area contributed by atoms with E-state index in [9.17, 15) is 9.59 Å². The highest BCUT2D eigenvalue weighted by Gasteiger charge is 2.31. The van der Waals surface area contributed by atoms with E-state index in [1.54, 1.807) is 34.6 Å². The van der Waals surface area contributed by atoms with Gasteiger partial charge in [0.25, 0.3) is 0 Å². The first-order valence-electron chi connectivity index (χ1n) is 5.94. The number of halogens is 1. The summed E-state index contributed by atoms with van der Waals surface area (Å²) in [7, 11) is 0. The molecule has 0 unspecified atom stereocenters. The van der Waals surface area contributed by atoms with E-state index in [1.807, 2.05) is 0 Å². The molecule has 0 aromatic carbocycles. The normalized spacial score (nSPS) is 12.2. The van der Waals surface area contributed by atoms with Crippen molar-refractivity contribution in [2.45, 2.75) is 53.2 Å². The molecule has 0 fully saturated rings. The van der Waals surface area contributed by atoms with Crippen molar-refractivity contribution in [1.29, 1.82) is 0 Å². The summed E-state index contributed by atoms with van der Waals surface area (Å²) in [6.07, 6.45) is -0.333. The van der Waals surface area contributed by atoms with Gasteiger partial charge in [-0.2, -0.15) is 0 Å². The molecular formula is C13H21ClO4. The van der Waals surface area contributed by atoms with Gasteiger partial charge in [-0.05, 0) is 41.0 Å². The molecule has 0 bridgehead atoms. The van der Waals surface area contributed by atoms with E-state index in [-0.39, 0.29) is 18.6 Å². The maximum Gasteiger partial charge on any atom is 0.320 e. The smallest absolute Gasteiger partial charge is 0.320 e. The lowest BCUT2D eigenvalue weighted by Crippen LogP contribution is -2.31. The van der Waals surface area contributed by atoms with Gasteiger partial charge in [0.05, 0.1) is 12.2 Å². The van der Waals surface area contributed by atoms with Gasteiger partial charge >= 0.3 is 11.9 Å². The Kier molecular flexibility index (Phi) is 7.67. The molecule has 0 N–H and O–H groups in total. The van der Waals surface area contributed by atoms with E-state index in [0.717, 1.165) is 5.57 Å². The van der Waals surface area contributed by atoms with Gasteiger partial charge in [0.2, 0.25) is 0 Å².